The van der Waals surface area contributed by atoms with Gasteiger partial charge in [0.05, 0.1) is 22.8 Å². The molecule has 0 aliphatic carbocycles. The zero-order valence-corrected chi connectivity index (χ0v) is 17.3. The Morgan fingerprint density at radius 1 is 0.969 bits per heavy atom. The highest BCUT2D eigenvalue weighted by Gasteiger charge is 2.35. The van der Waals surface area contributed by atoms with Crippen molar-refractivity contribution in [1.82, 2.24) is 15.0 Å². The molecule has 0 saturated carbocycles. The van der Waals surface area contributed by atoms with E-state index in [4.69, 9.17) is 5.26 Å². The fourth-order valence-electron chi connectivity index (χ4n) is 4.50. The van der Waals surface area contributed by atoms with E-state index in [1.807, 2.05) is 4.90 Å². The third-order valence-electron chi connectivity index (χ3n) is 6.30. The van der Waals surface area contributed by atoms with Crippen LogP contribution >= 0.6 is 0 Å². The summed E-state index contributed by atoms with van der Waals surface area (Å²) in [6.07, 6.45) is 0.619. The largest absolute Gasteiger partial charge is 0.417 e. The van der Waals surface area contributed by atoms with Gasteiger partial charge in [0.25, 0.3) is 0 Å². The van der Waals surface area contributed by atoms with Gasteiger partial charge in [-0.25, -0.2) is 9.97 Å². The average Bonchev–Trinajstić information content (AvgIpc) is 2.77. The van der Waals surface area contributed by atoms with E-state index in [1.54, 1.807) is 24.5 Å². The van der Waals surface area contributed by atoms with Gasteiger partial charge in [-0.05, 0) is 37.1 Å². The fraction of sp³-hybridized carbons (Fsp3) is 0.391. The van der Waals surface area contributed by atoms with Crippen LogP contribution in [0.2, 0.25) is 0 Å². The first-order valence-corrected chi connectivity index (χ1v) is 10.6. The first-order chi connectivity index (χ1) is 15.4. The van der Waals surface area contributed by atoms with Gasteiger partial charge in [-0.3, -0.25) is 4.98 Å². The van der Waals surface area contributed by atoms with Gasteiger partial charge in [0.1, 0.15) is 5.82 Å². The lowest BCUT2D eigenvalue weighted by atomic mass is 9.94. The van der Waals surface area contributed by atoms with Crippen LogP contribution in [-0.4, -0.2) is 41.1 Å². The third kappa shape index (κ3) is 3.70. The van der Waals surface area contributed by atoms with Gasteiger partial charge in [-0.2, -0.15) is 18.4 Å². The van der Waals surface area contributed by atoms with E-state index < -0.39 is 11.7 Å². The van der Waals surface area contributed by atoms with Crippen LogP contribution in [0.4, 0.5) is 24.8 Å². The van der Waals surface area contributed by atoms with Crippen LogP contribution in [0.3, 0.4) is 0 Å². The number of hydrogen-bond acceptors (Lipinski definition) is 6. The van der Waals surface area contributed by atoms with Crippen molar-refractivity contribution in [3.05, 3.63) is 54.0 Å². The standard InChI is InChI=1S/C23H21F3N6/c24-23(25,26)18-2-1-3-19-17(18)4-5-20(30-19)32-13-16(14-32)21-22(29-9-8-28-21)31-10-6-15(12-27)7-11-31/h1-5,8-9,15-16H,6-7,10-11,13-14H2. The number of rotatable bonds is 3. The van der Waals surface area contributed by atoms with E-state index in [0.29, 0.717) is 24.4 Å². The van der Waals surface area contributed by atoms with Gasteiger partial charge < -0.3 is 9.80 Å². The van der Waals surface area contributed by atoms with Crippen molar-refractivity contribution in [3.8, 4) is 6.07 Å². The van der Waals surface area contributed by atoms with Crippen molar-refractivity contribution in [2.45, 2.75) is 24.9 Å². The van der Waals surface area contributed by atoms with Gasteiger partial charge in [0.2, 0.25) is 0 Å². The molecular formula is C23H21F3N6. The number of benzene rings is 1. The number of halogens is 3. The van der Waals surface area contributed by atoms with E-state index >= 15 is 0 Å². The minimum Gasteiger partial charge on any atom is -0.355 e. The number of pyridine rings is 1. The van der Waals surface area contributed by atoms with Gasteiger partial charge in [-0.15, -0.1) is 0 Å². The molecule has 6 nitrogen and oxygen atoms in total. The maximum atomic E-state index is 13.3. The van der Waals surface area contributed by atoms with Crippen molar-refractivity contribution in [2.75, 3.05) is 36.0 Å². The summed E-state index contributed by atoms with van der Waals surface area (Å²) in [5, 5.41) is 9.24. The molecular weight excluding hydrogens is 417 g/mol. The number of fused-ring (bicyclic) bond motifs is 1. The van der Waals surface area contributed by atoms with E-state index in [-0.39, 0.29) is 17.2 Å². The van der Waals surface area contributed by atoms with Crippen LogP contribution < -0.4 is 9.80 Å². The molecule has 3 aromatic rings. The Morgan fingerprint density at radius 2 is 1.72 bits per heavy atom. The van der Waals surface area contributed by atoms with Crippen molar-refractivity contribution in [1.29, 1.82) is 5.26 Å². The number of alkyl halides is 3. The smallest absolute Gasteiger partial charge is 0.355 e. The fourth-order valence-corrected chi connectivity index (χ4v) is 4.50. The van der Waals surface area contributed by atoms with Crippen molar-refractivity contribution < 1.29 is 13.2 Å². The molecule has 0 bridgehead atoms. The second-order valence-corrected chi connectivity index (χ2v) is 8.30. The lowest BCUT2D eigenvalue weighted by molar-refractivity contribution is -0.136. The van der Waals surface area contributed by atoms with Crippen LogP contribution in [0.15, 0.2) is 42.7 Å². The van der Waals surface area contributed by atoms with Crippen LogP contribution in [0.25, 0.3) is 10.9 Å². The summed E-state index contributed by atoms with van der Waals surface area (Å²) < 4.78 is 39.8. The molecule has 2 saturated heterocycles. The number of piperidine rings is 1. The Labute approximate surface area is 183 Å². The first-order valence-electron chi connectivity index (χ1n) is 10.6. The minimum atomic E-state index is -4.41. The molecule has 0 amide bonds. The molecule has 0 N–H and O–H groups in total. The van der Waals surface area contributed by atoms with Crippen molar-refractivity contribution >= 4 is 22.5 Å². The number of nitriles is 1. The van der Waals surface area contributed by atoms with Gasteiger partial charge >= 0.3 is 6.18 Å². The predicted octanol–water partition coefficient (Wildman–Crippen LogP) is 4.39. The Morgan fingerprint density at radius 3 is 2.44 bits per heavy atom. The lowest BCUT2D eigenvalue weighted by Gasteiger charge is -2.41. The summed E-state index contributed by atoms with van der Waals surface area (Å²) in [7, 11) is 0. The molecule has 164 valence electrons. The number of aromatic nitrogens is 3. The number of nitrogens with zero attached hydrogens (tertiary/aromatic N) is 6. The Balaban J connectivity index is 1.33. The highest BCUT2D eigenvalue weighted by molar-refractivity contribution is 5.84. The maximum Gasteiger partial charge on any atom is 0.417 e. The van der Waals surface area contributed by atoms with Crippen LogP contribution in [0.1, 0.15) is 30.0 Å². The van der Waals surface area contributed by atoms with Crippen LogP contribution in [0, 0.1) is 17.2 Å². The summed E-state index contributed by atoms with van der Waals surface area (Å²) >= 11 is 0. The summed E-state index contributed by atoms with van der Waals surface area (Å²) in [6, 6.07) is 9.58. The minimum absolute atomic E-state index is 0.0994. The summed E-state index contributed by atoms with van der Waals surface area (Å²) in [5.74, 6) is 1.80. The van der Waals surface area contributed by atoms with Crippen LogP contribution in [0.5, 0.6) is 0 Å². The monoisotopic (exact) mass is 438 g/mol. The molecule has 4 heterocycles. The molecule has 9 heteroatoms. The molecule has 2 fully saturated rings. The summed E-state index contributed by atoms with van der Waals surface area (Å²) in [4.78, 5) is 17.9. The molecule has 0 atom stereocenters. The predicted molar refractivity (Wildman–Crippen MR) is 114 cm³/mol. The number of hydrogen-bond donors (Lipinski definition) is 0. The lowest BCUT2D eigenvalue weighted by Crippen LogP contribution is -2.47. The highest BCUT2D eigenvalue weighted by atomic mass is 19.4. The number of anilines is 2. The normalized spacial score (nSPS) is 17.9. The average molecular weight is 438 g/mol. The van der Waals surface area contributed by atoms with Crippen LogP contribution in [-0.2, 0) is 6.18 Å². The van der Waals surface area contributed by atoms with E-state index in [1.165, 1.54) is 12.1 Å². The molecule has 2 aromatic heterocycles. The molecule has 2 aliphatic heterocycles. The van der Waals surface area contributed by atoms with E-state index in [9.17, 15) is 13.2 Å². The maximum absolute atomic E-state index is 13.3. The highest BCUT2D eigenvalue weighted by Crippen LogP contribution is 2.37. The van der Waals surface area contributed by atoms with E-state index in [0.717, 1.165) is 43.5 Å². The molecule has 32 heavy (non-hydrogen) atoms. The van der Waals surface area contributed by atoms with Gasteiger partial charge in [-0.1, -0.05) is 6.07 Å². The molecule has 0 unspecified atom stereocenters. The zero-order valence-electron chi connectivity index (χ0n) is 17.3. The third-order valence-corrected chi connectivity index (χ3v) is 6.30. The first kappa shape index (κ1) is 20.5. The van der Waals surface area contributed by atoms with Gasteiger partial charge in [0, 0.05) is 55.8 Å². The van der Waals surface area contributed by atoms with E-state index in [2.05, 4.69) is 25.9 Å². The zero-order chi connectivity index (χ0) is 22.3. The molecule has 0 spiro atoms. The SMILES string of the molecule is N#CC1CCN(c2nccnc2C2CN(c3ccc4c(C(F)(F)F)cccc4n3)C2)CC1. The molecule has 2 aliphatic rings. The second-order valence-electron chi connectivity index (χ2n) is 8.30. The van der Waals surface area contributed by atoms with Crippen molar-refractivity contribution in [2.24, 2.45) is 5.92 Å². The summed E-state index contributed by atoms with van der Waals surface area (Å²) in [6.45, 7) is 2.93. The second kappa shape index (κ2) is 7.93. The van der Waals surface area contributed by atoms with Crippen molar-refractivity contribution in [3.63, 3.8) is 0 Å². The Hall–Kier alpha value is -3.41. The molecule has 1 aromatic carbocycles. The molecule has 5 rings (SSSR count). The quantitative estimate of drug-likeness (QED) is 0.604. The van der Waals surface area contributed by atoms with Gasteiger partial charge in [0.15, 0.2) is 5.82 Å². The topological polar surface area (TPSA) is 68.9 Å². The Kier molecular flexibility index (Phi) is 5.08. The Bertz CT molecular complexity index is 1170. The molecule has 0 radical (unpaired) electrons. The summed E-state index contributed by atoms with van der Waals surface area (Å²) in [5.41, 5.74) is 0.598.